The summed E-state index contributed by atoms with van der Waals surface area (Å²) < 4.78 is 51.6. The van der Waals surface area contributed by atoms with Crippen LogP contribution >= 0.6 is 11.6 Å². The Morgan fingerprint density at radius 3 is 2.48 bits per heavy atom. The molecule has 0 atom stereocenters. The first-order valence-corrected chi connectivity index (χ1v) is 6.75. The fourth-order valence-corrected chi connectivity index (χ4v) is 2.00. The number of alkyl halides is 3. The number of benzene rings is 2. The first kappa shape index (κ1) is 17.0. The average molecular weight is 344 g/mol. The predicted molar refractivity (Wildman–Crippen MR) is 80.5 cm³/mol. The quantitative estimate of drug-likeness (QED) is 0.606. The zero-order valence-corrected chi connectivity index (χ0v) is 12.3. The number of rotatable bonds is 3. The normalized spacial score (nSPS) is 11.7. The lowest BCUT2D eigenvalue weighted by Crippen LogP contribution is -2.09. The number of hydrogen-bond acceptors (Lipinski definition) is 1. The van der Waals surface area contributed by atoms with Gasteiger partial charge >= 0.3 is 6.18 Å². The van der Waals surface area contributed by atoms with E-state index in [1.54, 1.807) is 0 Å². The molecule has 2 aromatic carbocycles. The van der Waals surface area contributed by atoms with Crippen LogP contribution in [0.1, 0.15) is 11.1 Å². The van der Waals surface area contributed by atoms with E-state index in [1.165, 1.54) is 36.4 Å². The highest BCUT2D eigenvalue weighted by molar-refractivity contribution is 6.31. The summed E-state index contributed by atoms with van der Waals surface area (Å²) in [7, 11) is 0. The van der Waals surface area contributed by atoms with Gasteiger partial charge in [0.15, 0.2) is 0 Å². The highest BCUT2D eigenvalue weighted by Crippen LogP contribution is 2.35. The minimum Gasteiger partial charge on any atom is -0.320 e. The Bertz CT molecular complexity index is 756. The molecule has 0 saturated carbocycles. The fraction of sp³-hybridized carbons (Fsp3) is 0.0625. The molecule has 1 amide bonds. The van der Waals surface area contributed by atoms with Crippen molar-refractivity contribution in [3.05, 3.63) is 70.5 Å². The van der Waals surface area contributed by atoms with Gasteiger partial charge in [0.2, 0.25) is 5.91 Å². The molecule has 0 spiro atoms. The minimum atomic E-state index is -4.59. The standard InChI is InChI=1S/C16H10ClF4NO/c17-12-7-5-10(9-11(12)16(19,20)21)6-8-15(23)22-14-4-2-1-3-13(14)18/h1-9H,(H,22,23)/b8-6+. The molecule has 0 saturated heterocycles. The van der Waals surface area contributed by atoms with Crippen LogP contribution in [-0.2, 0) is 11.0 Å². The van der Waals surface area contributed by atoms with Gasteiger partial charge in [0.05, 0.1) is 16.3 Å². The summed E-state index contributed by atoms with van der Waals surface area (Å²) in [5.74, 6) is -1.28. The van der Waals surface area contributed by atoms with Crippen LogP contribution in [0.4, 0.5) is 23.2 Å². The van der Waals surface area contributed by atoms with E-state index in [4.69, 9.17) is 11.6 Å². The molecule has 0 fully saturated rings. The Hall–Kier alpha value is -2.34. The summed E-state index contributed by atoms with van der Waals surface area (Å²) in [6.45, 7) is 0. The van der Waals surface area contributed by atoms with E-state index >= 15 is 0 Å². The van der Waals surface area contributed by atoms with E-state index in [1.807, 2.05) is 0 Å². The van der Waals surface area contributed by atoms with Gasteiger partial charge in [-0.05, 0) is 35.9 Å². The van der Waals surface area contributed by atoms with Crippen molar-refractivity contribution < 1.29 is 22.4 Å². The zero-order valence-electron chi connectivity index (χ0n) is 11.5. The largest absolute Gasteiger partial charge is 0.417 e. The van der Waals surface area contributed by atoms with Gasteiger partial charge in [-0.15, -0.1) is 0 Å². The Morgan fingerprint density at radius 2 is 1.83 bits per heavy atom. The van der Waals surface area contributed by atoms with Crippen LogP contribution < -0.4 is 5.32 Å². The third-order valence-electron chi connectivity index (χ3n) is 2.85. The Morgan fingerprint density at radius 1 is 1.13 bits per heavy atom. The molecule has 2 rings (SSSR count). The first-order chi connectivity index (χ1) is 10.8. The number of hydrogen-bond donors (Lipinski definition) is 1. The van der Waals surface area contributed by atoms with Gasteiger partial charge in [0.1, 0.15) is 5.82 Å². The molecular weight excluding hydrogens is 334 g/mol. The number of nitrogens with one attached hydrogen (secondary N) is 1. The summed E-state index contributed by atoms with van der Waals surface area (Å²) in [5.41, 5.74) is -0.865. The van der Waals surface area contributed by atoms with Crippen molar-refractivity contribution in [2.24, 2.45) is 0 Å². The van der Waals surface area contributed by atoms with Crippen LogP contribution in [0.3, 0.4) is 0 Å². The van der Waals surface area contributed by atoms with E-state index in [0.29, 0.717) is 0 Å². The van der Waals surface area contributed by atoms with E-state index in [-0.39, 0.29) is 11.3 Å². The van der Waals surface area contributed by atoms with Crippen LogP contribution in [0, 0.1) is 5.82 Å². The molecule has 0 radical (unpaired) electrons. The molecule has 0 unspecified atom stereocenters. The van der Waals surface area contributed by atoms with E-state index in [2.05, 4.69) is 5.32 Å². The number of amides is 1. The van der Waals surface area contributed by atoms with Crippen LogP contribution in [0.25, 0.3) is 6.08 Å². The highest BCUT2D eigenvalue weighted by atomic mass is 35.5. The van der Waals surface area contributed by atoms with Crippen LogP contribution in [0.5, 0.6) is 0 Å². The van der Waals surface area contributed by atoms with Gasteiger partial charge in [-0.3, -0.25) is 4.79 Å². The Balaban J connectivity index is 2.14. The molecule has 0 heterocycles. The SMILES string of the molecule is O=C(/C=C/c1ccc(Cl)c(C(F)(F)F)c1)Nc1ccccc1F. The number of carbonyl (C=O) groups excluding carboxylic acids is 1. The van der Waals surface area contributed by atoms with Crippen molar-refractivity contribution in [2.75, 3.05) is 5.32 Å². The number of halogens is 5. The summed E-state index contributed by atoms with van der Waals surface area (Å²) in [6, 6.07) is 8.81. The van der Waals surface area contributed by atoms with Gasteiger partial charge in [-0.1, -0.05) is 29.8 Å². The zero-order chi connectivity index (χ0) is 17.0. The summed E-state index contributed by atoms with van der Waals surface area (Å²) >= 11 is 5.50. The number of carbonyl (C=O) groups is 1. The molecule has 0 aliphatic heterocycles. The maximum absolute atomic E-state index is 13.4. The van der Waals surface area contributed by atoms with Crippen molar-refractivity contribution in [3.63, 3.8) is 0 Å². The van der Waals surface area contributed by atoms with Crippen LogP contribution in [0.2, 0.25) is 5.02 Å². The molecule has 23 heavy (non-hydrogen) atoms. The highest BCUT2D eigenvalue weighted by Gasteiger charge is 2.33. The Labute approximate surface area is 134 Å². The minimum absolute atomic E-state index is 0.0192. The monoisotopic (exact) mass is 343 g/mol. The number of anilines is 1. The molecule has 2 aromatic rings. The fourth-order valence-electron chi connectivity index (χ4n) is 1.77. The second-order valence-electron chi connectivity index (χ2n) is 4.54. The lowest BCUT2D eigenvalue weighted by atomic mass is 10.1. The third kappa shape index (κ3) is 4.56. The van der Waals surface area contributed by atoms with Crippen molar-refractivity contribution in [3.8, 4) is 0 Å². The molecule has 0 bridgehead atoms. The van der Waals surface area contributed by atoms with Gasteiger partial charge in [0, 0.05) is 6.08 Å². The predicted octanol–water partition coefficient (Wildman–Crippen LogP) is 5.15. The number of para-hydroxylation sites is 1. The molecule has 0 aromatic heterocycles. The lowest BCUT2D eigenvalue weighted by molar-refractivity contribution is -0.137. The van der Waals surface area contributed by atoms with Crippen molar-refractivity contribution in [1.29, 1.82) is 0 Å². The summed E-state index contributed by atoms with van der Waals surface area (Å²) in [4.78, 5) is 11.7. The second kappa shape index (κ2) is 6.83. The van der Waals surface area contributed by atoms with Crippen molar-refractivity contribution in [2.45, 2.75) is 6.18 Å². The third-order valence-corrected chi connectivity index (χ3v) is 3.18. The van der Waals surface area contributed by atoms with E-state index in [0.717, 1.165) is 18.2 Å². The molecule has 0 aliphatic carbocycles. The van der Waals surface area contributed by atoms with E-state index in [9.17, 15) is 22.4 Å². The van der Waals surface area contributed by atoms with Gasteiger partial charge in [-0.25, -0.2) is 4.39 Å². The molecular formula is C16H10ClF4NO. The topological polar surface area (TPSA) is 29.1 Å². The smallest absolute Gasteiger partial charge is 0.320 e. The summed E-state index contributed by atoms with van der Waals surface area (Å²) in [6.07, 6.45) is -2.39. The molecule has 1 N–H and O–H groups in total. The molecule has 120 valence electrons. The maximum Gasteiger partial charge on any atom is 0.417 e. The van der Waals surface area contributed by atoms with Crippen molar-refractivity contribution >= 4 is 29.3 Å². The molecule has 7 heteroatoms. The molecule has 2 nitrogen and oxygen atoms in total. The first-order valence-electron chi connectivity index (χ1n) is 6.38. The van der Waals surface area contributed by atoms with Gasteiger partial charge < -0.3 is 5.32 Å². The van der Waals surface area contributed by atoms with Crippen LogP contribution in [0.15, 0.2) is 48.5 Å². The lowest BCUT2D eigenvalue weighted by Gasteiger charge is -2.09. The average Bonchev–Trinajstić information content (AvgIpc) is 2.47. The molecule has 0 aliphatic rings. The van der Waals surface area contributed by atoms with Gasteiger partial charge in [0.25, 0.3) is 0 Å². The second-order valence-corrected chi connectivity index (χ2v) is 4.95. The Kier molecular flexibility index (Phi) is 5.05. The summed E-state index contributed by atoms with van der Waals surface area (Å²) in [5, 5.41) is 1.86. The van der Waals surface area contributed by atoms with Crippen molar-refractivity contribution in [1.82, 2.24) is 0 Å². The van der Waals surface area contributed by atoms with Crippen LogP contribution in [-0.4, -0.2) is 5.91 Å². The van der Waals surface area contributed by atoms with Gasteiger partial charge in [-0.2, -0.15) is 13.2 Å². The van der Waals surface area contributed by atoms with E-state index < -0.39 is 28.5 Å². The maximum atomic E-state index is 13.4.